The fourth-order valence-corrected chi connectivity index (χ4v) is 5.99. The number of urea groups is 1. The summed E-state index contributed by atoms with van der Waals surface area (Å²) in [6.45, 7) is 0.289. The number of anilines is 2. The highest BCUT2D eigenvalue weighted by molar-refractivity contribution is 9.10. The molecule has 0 radical (unpaired) electrons. The molecule has 44 heavy (non-hydrogen) atoms. The Hall–Kier alpha value is -4.14. The standard InChI is InChI=1S/C30H33BrN4O8S/c1-41-27-14-19(8-13-26(27)33-30(38)32-25-7-5-4-6-24(25)31)15-28(36)35-17-21(34-44(3,39)40)16-22(35)18-43-23-11-9-20(10-12-23)29(37)42-2/h4-14,21-22,34H,15-18H2,1-3H3,(H2,32,33,38)/t21?,22-/m0/s1. The molecule has 4 rings (SSSR count). The van der Waals surface area contributed by atoms with Gasteiger partial charge in [-0.15, -0.1) is 0 Å². The molecular weight excluding hydrogens is 656 g/mol. The van der Waals surface area contributed by atoms with Gasteiger partial charge in [0.25, 0.3) is 0 Å². The van der Waals surface area contributed by atoms with Gasteiger partial charge in [-0.25, -0.2) is 22.7 Å². The summed E-state index contributed by atoms with van der Waals surface area (Å²) in [5.74, 6) is 0.154. The van der Waals surface area contributed by atoms with Gasteiger partial charge in [0.05, 0.1) is 49.9 Å². The van der Waals surface area contributed by atoms with Crippen molar-refractivity contribution in [3.8, 4) is 11.5 Å². The number of carbonyl (C=O) groups excluding carboxylic acids is 3. The van der Waals surface area contributed by atoms with Crippen molar-refractivity contribution in [2.45, 2.75) is 24.9 Å². The molecule has 1 unspecified atom stereocenters. The predicted molar refractivity (Wildman–Crippen MR) is 169 cm³/mol. The van der Waals surface area contributed by atoms with Crippen LogP contribution in [-0.4, -0.2) is 76.9 Å². The smallest absolute Gasteiger partial charge is 0.337 e. The maximum atomic E-state index is 13.5. The molecule has 1 aliphatic rings. The number of amides is 3. The quantitative estimate of drug-likeness (QED) is 0.256. The number of benzene rings is 3. The van der Waals surface area contributed by atoms with E-state index in [-0.39, 0.29) is 25.5 Å². The summed E-state index contributed by atoms with van der Waals surface area (Å²) in [5.41, 5.74) is 2.02. The first-order valence-corrected chi connectivity index (χ1v) is 16.2. The second-order valence-corrected chi connectivity index (χ2v) is 12.8. The number of nitrogens with one attached hydrogen (secondary N) is 3. The van der Waals surface area contributed by atoms with E-state index in [1.54, 1.807) is 59.5 Å². The molecule has 1 heterocycles. The molecule has 1 fully saturated rings. The number of rotatable bonds is 11. The number of halogens is 1. The van der Waals surface area contributed by atoms with Crippen molar-refractivity contribution in [3.63, 3.8) is 0 Å². The van der Waals surface area contributed by atoms with E-state index >= 15 is 0 Å². The molecule has 1 saturated heterocycles. The first-order chi connectivity index (χ1) is 21.0. The van der Waals surface area contributed by atoms with Crippen LogP contribution >= 0.6 is 15.9 Å². The van der Waals surface area contributed by atoms with E-state index in [0.29, 0.717) is 40.4 Å². The Morgan fingerprint density at radius 2 is 1.68 bits per heavy atom. The number of likely N-dealkylation sites (tertiary alicyclic amines) is 1. The fraction of sp³-hybridized carbons (Fsp3) is 0.300. The van der Waals surface area contributed by atoms with Crippen LogP contribution in [0.25, 0.3) is 0 Å². The summed E-state index contributed by atoms with van der Waals surface area (Å²) < 4.78 is 43.3. The highest BCUT2D eigenvalue weighted by Gasteiger charge is 2.37. The first kappa shape index (κ1) is 32.8. The van der Waals surface area contributed by atoms with Gasteiger partial charge in [-0.3, -0.25) is 4.79 Å². The molecule has 3 N–H and O–H groups in total. The van der Waals surface area contributed by atoms with Crippen LogP contribution in [-0.2, 0) is 26.0 Å². The predicted octanol–water partition coefficient (Wildman–Crippen LogP) is 4.03. The largest absolute Gasteiger partial charge is 0.495 e. The van der Waals surface area contributed by atoms with Gasteiger partial charge in [0.2, 0.25) is 15.9 Å². The minimum Gasteiger partial charge on any atom is -0.495 e. The second kappa shape index (κ2) is 14.6. The molecule has 0 bridgehead atoms. The molecule has 2 atom stereocenters. The summed E-state index contributed by atoms with van der Waals surface area (Å²) in [7, 11) is -0.739. The summed E-state index contributed by atoms with van der Waals surface area (Å²) in [6.07, 6.45) is 1.44. The van der Waals surface area contributed by atoms with E-state index in [4.69, 9.17) is 14.2 Å². The fourth-order valence-electron chi connectivity index (χ4n) is 4.83. The van der Waals surface area contributed by atoms with Gasteiger partial charge in [0.15, 0.2) is 0 Å². The zero-order valence-corrected chi connectivity index (χ0v) is 26.7. The lowest BCUT2D eigenvalue weighted by Crippen LogP contribution is -2.41. The lowest BCUT2D eigenvalue weighted by molar-refractivity contribution is -0.131. The molecule has 3 amide bonds. The number of carbonyl (C=O) groups is 3. The number of ether oxygens (including phenoxy) is 3. The normalized spacial score (nSPS) is 16.2. The van der Waals surface area contributed by atoms with Gasteiger partial charge < -0.3 is 29.7 Å². The van der Waals surface area contributed by atoms with Gasteiger partial charge in [-0.1, -0.05) is 18.2 Å². The molecule has 3 aromatic rings. The van der Waals surface area contributed by atoms with Gasteiger partial charge in [-0.2, -0.15) is 0 Å². The minimum atomic E-state index is -3.50. The molecule has 0 saturated carbocycles. The number of methoxy groups -OCH3 is 2. The van der Waals surface area contributed by atoms with Crippen molar-refractivity contribution < 1.29 is 37.0 Å². The highest BCUT2D eigenvalue weighted by atomic mass is 79.9. The maximum Gasteiger partial charge on any atom is 0.337 e. The molecule has 0 aliphatic carbocycles. The van der Waals surface area contributed by atoms with Crippen molar-refractivity contribution in [2.24, 2.45) is 0 Å². The number of nitrogens with zero attached hydrogens (tertiary/aromatic N) is 1. The highest BCUT2D eigenvalue weighted by Crippen LogP contribution is 2.28. The third-order valence-corrected chi connectivity index (χ3v) is 8.28. The van der Waals surface area contributed by atoms with Gasteiger partial charge >= 0.3 is 12.0 Å². The first-order valence-electron chi connectivity index (χ1n) is 13.5. The van der Waals surface area contributed by atoms with Crippen LogP contribution in [0, 0.1) is 0 Å². The summed E-state index contributed by atoms with van der Waals surface area (Å²) >= 11 is 3.39. The van der Waals surface area contributed by atoms with Crippen LogP contribution in [0.4, 0.5) is 16.2 Å². The number of esters is 1. The van der Waals surface area contributed by atoms with Crippen molar-refractivity contribution >= 4 is 55.2 Å². The summed E-state index contributed by atoms with van der Waals surface area (Å²) in [5, 5.41) is 5.51. The monoisotopic (exact) mass is 688 g/mol. The Morgan fingerprint density at radius 1 is 0.977 bits per heavy atom. The Morgan fingerprint density at radius 3 is 2.34 bits per heavy atom. The van der Waals surface area contributed by atoms with Crippen LogP contribution in [0.2, 0.25) is 0 Å². The lowest BCUT2D eigenvalue weighted by atomic mass is 10.1. The van der Waals surface area contributed by atoms with Crippen LogP contribution in [0.1, 0.15) is 22.3 Å². The average molecular weight is 690 g/mol. The van der Waals surface area contributed by atoms with Crippen molar-refractivity contribution in [2.75, 3.05) is 44.3 Å². The van der Waals surface area contributed by atoms with E-state index in [9.17, 15) is 22.8 Å². The molecule has 1 aliphatic heterocycles. The van der Waals surface area contributed by atoms with E-state index in [1.165, 1.54) is 14.2 Å². The molecule has 0 aromatic heterocycles. The lowest BCUT2D eigenvalue weighted by Gasteiger charge is -2.25. The second-order valence-electron chi connectivity index (χ2n) is 10.1. The van der Waals surface area contributed by atoms with Crippen LogP contribution in [0.5, 0.6) is 11.5 Å². The number of hydrogen-bond acceptors (Lipinski definition) is 8. The van der Waals surface area contributed by atoms with Crippen molar-refractivity contribution in [3.05, 3.63) is 82.3 Å². The molecule has 234 valence electrons. The number of sulfonamides is 1. The topological polar surface area (TPSA) is 152 Å². The van der Waals surface area contributed by atoms with Crippen LogP contribution < -0.4 is 24.8 Å². The molecular formula is C30H33BrN4O8S. The molecule has 0 spiro atoms. The third kappa shape index (κ3) is 8.94. The van der Waals surface area contributed by atoms with Crippen LogP contribution in [0.3, 0.4) is 0 Å². The molecule has 14 heteroatoms. The Balaban J connectivity index is 1.43. The minimum absolute atomic E-state index is 0.00964. The number of para-hydroxylation sites is 1. The molecule has 3 aromatic carbocycles. The van der Waals surface area contributed by atoms with Crippen LogP contribution in [0.15, 0.2) is 71.2 Å². The molecule has 12 nitrogen and oxygen atoms in total. The van der Waals surface area contributed by atoms with Crippen molar-refractivity contribution in [1.29, 1.82) is 0 Å². The van der Waals surface area contributed by atoms with E-state index < -0.39 is 34.1 Å². The Labute approximate surface area is 264 Å². The SMILES string of the molecule is COC(=O)c1ccc(OC[C@@H]2CC(NS(C)(=O)=O)CN2C(=O)Cc2ccc(NC(=O)Nc3ccccc3Br)c(OC)c2)cc1. The Kier molecular flexibility index (Phi) is 10.8. The van der Waals surface area contributed by atoms with E-state index in [2.05, 4.69) is 31.3 Å². The van der Waals surface area contributed by atoms with E-state index in [0.717, 1.165) is 10.7 Å². The maximum absolute atomic E-state index is 13.5. The average Bonchev–Trinajstić information content (AvgIpc) is 3.39. The van der Waals surface area contributed by atoms with E-state index in [1.807, 2.05) is 12.1 Å². The van der Waals surface area contributed by atoms with Gasteiger partial charge in [0.1, 0.15) is 18.1 Å². The zero-order chi connectivity index (χ0) is 31.9. The number of hydrogen-bond donors (Lipinski definition) is 3. The summed E-state index contributed by atoms with van der Waals surface area (Å²) in [4.78, 5) is 39.4. The van der Waals surface area contributed by atoms with Gasteiger partial charge in [0, 0.05) is 17.1 Å². The van der Waals surface area contributed by atoms with Gasteiger partial charge in [-0.05, 0) is 76.4 Å². The zero-order valence-electron chi connectivity index (χ0n) is 24.3. The Bertz CT molecular complexity index is 1620. The van der Waals surface area contributed by atoms with Crippen molar-refractivity contribution in [1.82, 2.24) is 9.62 Å². The third-order valence-electron chi connectivity index (χ3n) is 6.82. The summed E-state index contributed by atoms with van der Waals surface area (Å²) in [6, 6.07) is 17.3.